The molecule has 0 N–H and O–H groups in total. The minimum Gasteiger partial charge on any atom is -0.485 e. The third-order valence-corrected chi connectivity index (χ3v) is 3.32. The van der Waals surface area contributed by atoms with Crippen molar-refractivity contribution in [1.82, 2.24) is 4.98 Å². The molecule has 0 aliphatic rings. The summed E-state index contributed by atoms with van der Waals surface area (Å²) < 4.78 is 23.7. The highest BCUT2D eigenvalue weighted by Crippen LogP contribution is 2.27. The molecule has 0 aliphatic carbocycles. The lowest BCUT2D eigenvalue weighted by Gasteiger charge is -2.17. The number of hydrogen-bond acceptors (Lipinski definition) is 5. The number of nitrogens with zero attached hydrogens (tertiary/aromatic N) is 1. The number of hydrogen-bond donors (Lipinski definition) is 0. The van der Waals surface area contributed by atoms with E-state index in [9.17, 15) is 14.0 Å². The van der Waals surface area contributed by atoms with Crippen molar-refractivity contribution in [2.24, 2.45) is 5.41 Å². The Labute approximate surface area is 133 Å². The molecule has 6 heteroatoms. The van der Waals surface area contributed by atoms with Crippen LogP contribution in [0, 0.1) is 11.2 Å². The van der Waals surface area contributed by atoms with Gasteiger partial charge in [-0.05, 0) is 18.2 Å². The molecule has 5 nitrogen and oxygen atoms in total. The molecule has 0 bridgehead atoms. The zero-order valence-electron chi connectivity index (χ0n) is 13.5. The van der Waals surface area contributed by atoms with Gasteiger partial charge < -0.3 is 9.47 Å². The molecule has 0 amide bonds. The van der Waals surface area contributed by atoms with E-state index in [2.05, 4.69) is 9.72 Å². The molecule has 1 heterocycles. The minimum absolute atomic E-state index is 0.0322. The van der Waals surface area contributed by atoms with Crippen LogP contribution >= 0.6 is 0 Å². The molecule has 0 saturated heterocycles. The summed E-state index contributed by atoms with van der Waals surface area (Å²) in [5.74, 6) is -0.994. The lowest BCUT2D eigenvalue weighted by Crippen LogP contribution is -2.26. The van der Waals surface area contributed by atoms with E-state index in [-0.39, 0.29) is 23.8 Å². The number of carbonyl (C=O) groups is 2. The Morgan fingerprint density at radius 3 is 2.52 bits per heavy atom. The Balaban J connectivity index is 2.44. The number of esters is 1. The topological polar surface area (TPSA) is 65.5 Å². The zero-order valence-corrected chi connectivity index (χ0v) is 13.5. The second kappa shape index (κ2) is 6.32. The molecule has 23 heavy (non-hydrogen) atoms. The first kappa shape index (κ1) is 16.9. The molecule has 0 saturated carbocycles. The van der Waals surface area contributed by atoms with Crippen LogP contribution in [0.5, 0.6) is 5.75 Å². The van der Waals surface area contributed by atoms with E-state index in [4.69, 9.17) is 4.74 Å². The second-order valence-corrected chi connectivity index (χ2v) is 6.12. The van der Waals surface area contributed by atoms with Gasteiger partial charge in [-0.25, -0.2) is 14.2 Å². The molecular weight excluding hydrogens is 301 g/mol. The van der Waals surface area contributed by atoms with Crippen molar-refractivity contribution >= 4 is 22.7 Å². The molecule has 0 spiro atoms. The first-order valence-corrected chi connectivity index (χ1v) is 7.07. The van der Waals surface area contributed by atoms with Crippen LogP contribution in [0.3, 0.4) is 0 Å². The monoisotopic (exact) mass is 319 g/mol. The first-order valence-electron chi connectivity index (χ1n) is 7.07. The predicted molar refractivity (Wildman–Crippen MR) is 83.0 cm³/mol. The van der Waals surface area contributed by atoms with Crippen LogP contribution in [-0.2, 0) is 9.53 Å². The molecule has 1 aromatic heterocycles. The minimum atomic E-state index is -0.636. The molecule has 1 aromatic carbocycles. The molecule has 0 atom stereocenters. The molecule has 0 aliphatic heterocycles. The zero-order chi connectivity index (χ0) is 17.2. The summed E-state index contributed by atoms with van der Waals surface area (Å²) in [5.41, 5.74) is -0.142. The van der Waals surface area contributed by atoms with Gasteiger partial charge in [-0.1, -0.05) is 20.8 Å². The number of rotatable bonds is 4. The molecule has 2 aromatic rings. The van der Waals surface area contributed by atoms with Gasteiger partial charge in [0.2, 0.25) is 0 Å². The van der Waals surface area contributed by atoms with Crippen molar-refractivity contribution in [2.75, 3.05) is 13.7 Å². The number of pyridine rings is 1. The average Bonchev–Trinajstić information content (AvgIpc) is 2.50. The molecule has 0 radical (unpaired) electrons. The van der Waals surface area contributed by atoms with Gasteiger partial charge in [-0.15, -0.1) is 0 Å². The van der Waals surface area contributed by atoms with Crippen molar-refractivity contribution in [1.29, 1.82) is 0 Å². The Bertz CT molecular complexity index is 765. The van der Waals surface area contributed by atoms with Crippen LogP contribution in [-0.4, -0.2) is 30.5 Å². The summed E-state index contributed by atoms with van der Waals surface area (Å²) in [5, 5.41) is 0.388. The van der Waals surface area contributed by atoms with Gasteiger partial charge in [-0.3, -0.25) is 4.79 Å². The average molecular weight is 319 g/mol. The molecule has 0 fully saturated rings. The number of carbonyl (C=O) groups excluding carboxylic acids is 2. The third kappa shape index (κ3) is 3.83. The third-order valence-electron chi connectivity index (χ3n) is 3.32. The lowest BCUT2D eigenvalue weighted by atomic mass is 9.91. The normalized spacial score (nSPS) is 11.3. The molecule has 122 valence electrons. The Morgan fingerprint density at radius 1 is 1.22 bits per heavy atom. The summed E-state index contributed by atoms with van der Waals surface area (Å²) in [7, 11) is 1.24. The van der Waals surface area contributed by atoms with Crippen LogP contribution in [0.4, 0.5) is 4.39 Å². The number of benzene rings is 1. The number of fused-ring (bicyclic) bond motifs is 1. The van der Waals surface area contributed by atoms with Crippen LogP contribution in [0.2, 0.25) is 0 Å². The van der Waals surface area contributed by atoms with Crippen molar-refractivity contribution in [3.63, 3.8) is 0 Å². The first-order chi connectivity index (χ1) is 10.7. The molecular formula is C17H18FNO4. The fraction of sp³-hybridized carbons (Fsp3) is 0.353. The fourth-order valence-corrected chi connectivity index (χ4v) is 1.86. The quantitative estimate of drug-likeness (QED) is 0.810. The van der Waals surface area contributed by atoms with E-state index in [0.29, 0.717) is 10.9 Å². The number of halogens is 1. The maximum absolute atomic E-state index is 13.5. The van der Waals surface area contributed by atoms with E-state index in [1.807, 2.05) is 0 Å². The lowest BCUT2D eigenvalue weighted by molar-refractivity contribution is -0.128. The Kier molecular flexibility index (Phi) is 4.63. The highest BCUT2D eigenvalue weighted by atomic mass is 19.1. The summed E-state index contributed by atoms with van der Waals surface area (Å²) in [6.07, 6.45) is 0. The van der Waals surface area contributed by atoms with Crippen LogP contribution in [0.25, 0.3) is 10.9 Å². The van der Waals surface area contributed by atoms with E-state index in [1.54, 1.807) is 20.8 Å². The van der Waals surface area contributed by atoms with Gasteiger partial charge in [0.25, 0.3) is 0 Å². The van der Waals surface area contributed by atoms with Gasteiger partial charge in [0.15, 0.2) is 11.5 Å². The summed E-state index contributed by atoms with van der Waals surface area (Å²) in [6, 6.07) is 5.28. The number of Topliss-reactive ketones (excluding diaryl/α,β-unsaturated/α-hetero) is 1. The van der Waals surface area contributed by atoms with Gasteiger partial charge in [0, 0.05) is 16.9 Å². The van der Waals surface area contributed by atoms with E-state index >= 15 is 0 Å². The maximum atomic E-state index is 13.5. The largest absolute Gasteiger partial charge is 0.485 e. The van der Waals surface area contributed by atoms with Gasteiger partial charge in [0.05, 0.1) is 12.6 Å². The van der Waals surface area contributed by atoms with E-state index in [1.165, 1.54) is 31.4 Å². The second-order valence-electron chi connectivity index (χ2n) is 6.12. The molecule has 2 rings (SSSR count). The van der Waals surface area contributed by atoms with Crippen LogP contribution < -0.4 is 4.74 Å². The maximum Gasteiger partial charge on any atom is 0.356 e. The van der Waals surface area contributed by atoms with Crippen LogP contribution in [0.15, 0.2) is 24.3 Å². The highest BCUT2D eigenvalue weighted by Gasteiger charge is 2.22. The van der Waals surface area contributed by atoms with Gasteiger partial charge in [-0.2, -0.15) is 0 Å². The van der Waals surface area contributed by atoms with Crippen molar-refractivity contribution in [3.05, 3.63) is 35.8 Å². The predicted octanol–water partition coefficient (Wildman–Crippen LogP) is 3.15. The number of ether oxygens (including phenoxy) is 2. The highest BCUT2D eigenvalue weighted by molar-refractivity contribution is 5.94. The van der Waals surface area contributed by atoms with E-state index < -0.39 is 17.2 Å². The van der Waals surface area contributed by atoms with Gasteiger partial charge >= 0.3 is 5.97 Å². The van der Waals surface area contributed by atoms with Crippen molar-refractivity contribution in [2.45, 2.75) is 20.8 Å². The van der Waals surface area contributed by atoms with Crippen molar-refractivity contribution < 1.29 is 23.5 Å². The number of ketones is 1. The van der Waals surface area contributed by atoms with E-state index in [0.717, 1.165) is 0 Å². The standard InChI is InChI=1S/C17H18FNO4/c1-17(2,3)15(20)9-23-14-8-13(16(21)22-4)19-12-6-5-10(18)7-11(12)14/h5-8H,9H2,1-4H3. The molecule has 0 unspecified atom stereocenters. The summed E-state index contributed by atoms with van der Waals surface area (Å²) in [4.78, 5) is 27.8. The fourth-order valence-electron chi connectivity index (χ4n) is 1.86. The summed E-state index contributed by atoms with van der Waals surface area (Å²) >= 11 is 0. The Morgan fingerprint density at radius 2 is 1.91 bits per heavy atom. The smallest absolute Gasteiger partial charge is 0.356 e. The SMILES string of the molecule is COC(=O)c1cc(OCC(=O)C(C)(C)C)c2cc(F)ccc2n1. The van der Waals surface area contributed by atoms with Crippen LogP contribution in [0.1, 0.15) is 31.3 Å². The summed E-state index contributed by atoms with van der Waals surface area (Å²) in [6.45, 7) is 5.16. The number of methoxy groups -OCH3 is 1. The van der Waals surface area contributed by atoms with Gasteiger partial charge in [0.1, 0.15) is 18.2 Å². The Hall–Kier alpha value is -2.50. The number of aromatic nitrogens is 1. The van der Waals surface area contributed by atoms with Crippen molar-refractivity contribution in [3.8, 4) is 5.75 Å².